The molecule has 3 heterocycles. The zero-order valence-electron chi connectivity index (χ0n) is 14.9. The minimum atomic E-state index is 0.502. The average Bonchev–Trinajstić information content (AvgIpc) is 3.24. The van der Waals surface area contributed by atoms with Crippen LogP contribution >= 0.6 is 0 Å². The molecule has 0 aliphatic carbocycles. The van der Waals surface area contributed by atoms with Gasteiger partial charge in [-0.15, -0.1) is 0 Å². The number of hydrogen-bond acceptors (Lipinski definition) is 4. The lowest BCUT2D eigenvalue weighted by Gasteiger charge is -2.32. The molecule has 4 rings (SSSR count). The highest BCUT2D eigenvalue weighted by Crippen LogP contribution is 2.23. The number of imidazole rings is 1. The minimum absolute atomic E-state index is 0.502. The summed E-state index contributed by atoms with van der Waals surface area (Å²) < 4.78 is 8.05. The summed E-state index contributed by atoms with van der Waals surface area (Å²) in [4.78, 5) is 11.0. The first-order chi connectivity index (χ1) is 12.9. The number of benzene rings is 1. The van der Waals surface area contributed by atoms with Crippen LogP contribution in [0.15, 0.2) is 67.4 Å². The topological polar surface area (TPSA) is 43.2 Å². The Morgan fingerprint density at radius 3 is 2.54 bits per heavy atom. The number of rotatable bonds is 6. The minimum Gasteiger partial charge on any atom is -0.487 e. The summed E-state index contributed by atoms with van der Waals surface area (Å²) in [6.45, 7) is 3.75. The molecular weight excluding hydrogens is 324 g/mol. The Bertz CT molecular complexity index is 779. The van der Waals surface area contributed by atoms with Crippen molar-refractivity contribution >= 4 is 0 Å². The van der Waals surface area contributed by atoms with Gasteiger partial charge in [0.05, 0.1) is 12.0 Å². The quantitative estimate of drug-likeness (QED) is 0.681. The van der Waals surface area contributed by atoms with Crippen molar-refractivity contribution in [3.63, 3.8) is 0 Å². The molecule has 1 fully saturated rings. The van der Waals surface area contributed by atoms with Crippen molar-refractivity contribution in [3.8, 4) is 5.75 Å². The van der Waals surface area contributed by atoms with Gasteiger partial charge in [-0.05, 0) is 42.7 Å². The van der Waals surface area contributed by atoms with Crippen molar-refractivity contribution in [2.75, 3.05) is 13.1 Å². The maximum absolute atomic E-state index is 5.81. The third-order valence-electron chi connectivity index (χ3n) is 4.95. The van der Waals surface area contributed by atoms with E-state index in [1.54, 1.807) is 6.20 Å². The van der Waals surface area contributed by atoms with Crippen LogP contribution in [0.2, 0.25) is 0 Å². The smallest absolute Gasteiger partial charge is 0.130 e. The van der Waals surface area contributed by atoms with Gasteiger partial charge in [-0.2, -0.15) is 0 Å². The van der Waals surface area contributed by atoms with E-state index < -0.39 is 0 Å². The Balaban J connectivity index is 1.25. The zero-order chi connectivity index (χ0) is 17.6. The molecule has 0 saturated carbocycles. The van der Waals surface area contributed by atoms with Gasteiger partial charge in [-0.3, -0.25) is 9.88 Å². The molecule has 0 bridgehead atoms. The lowest BCUT2D eigenvalue weighted by molar-refractivity contribution is 0.179. The lowest BCUT2D eigenvalue weighted by Crippen LogP contribution is -2.33. The van der Waals surface area contributed by atoms with Crippen LogP contribution in [0.5, 0.6) is 5.75 Å². The van der Waals surface area contributed by atoms with E-state index in [1.165, 1.54) is 18.4 Å². The van der Waals surface area contributed by atoms with Gasteiger partial charge in [0.2, 0.25) is 0 Å². The fourth-order valence-corrected chi connectivity index (χ4v) is 3.45. The molecular formula is C21H24N4O. The number of hydrogen-bond donors (Lipinski definition) is 0. The number of nitrogens with zero attached hydrogens (tertiary/aromatic N) is 4. The van der Waals surface area contributed by atoms with E-state index in [0.29, 0.717) is 12.6 Å². The summed E-state index contributed by atoms with van der Waals surface area (Å²) in [5.41, 5.74) is 2.27. The molecule has 26 heavy (non-hydrogen) atoms. The summed E-state index contributed by atoms with van der Waals surface area (Å²) in [6, 6.07) is 14.9. The summed E-state index contributed by atoms with van der Waals surface area (Å²) in [5, 5.41) is 0. The van der Waals surface area contributed by atoms with Gasteiger partial charge in [0.15, 0.2) is 0 Å². The second kappa shape index (κ2) is 8.15. The maximum atomic E-state index is 5.81. The second-order valence-electron chi connectivity index (χ2n) is 6.77. The summed E-state index contributed by atoms with van der Waals surface area (Å²) >= 11 is 0. The fourth-order valence-electron chi connectivity index (χ4n) is 3.45. The highest BCUT2D eigenvalue weighted by atomic mass is 16.5. The van der Waals surface area contributed by atoms with Gasteiger partial charge in [-0.1, -0.05) is 18.2 Å². The van der Waals surface area contributed by atoms with Crippen LogP contribution < -0.4 is 4.74 Å². The molecule has 1 saturated heterocycles. The molecule has 1 aliphatic rings. The van der Waals surface area contributed by atoms with Crippen molar-refractivity contribution in [2.24, 2.45) is 0 Å². The Hall–Kier alpha value is -2.66. The Morgan fingerprint density at radius 1 is 1.00 bits per heavy atom. The molecule has 0 unspecified atom stereocenters. The normalized spacial score (nSPS) is 15.8. The van der Waals surface area contributed by atoms with Gasteiger partial charge >= 0.3 is 0 Å². The van der Waals surface area contributed by atoms with Crippen molar-refractivity contribution < 1.29 is 4.74 Å². The van der Waals surface area contributed by atoms with Gasteiger partial charge in [-0.25, -0.2) is 4.98 Å². The highest BCUT2D eigenvalue weighted by Gasteiger charge is 2.20. The zero-order valence-corrected chi connectivity index (χ0v) is 14.9. The predicted molar refractivity (Wildman–Crippen MR) is 101 cm³/mol. The fraction of sp³-hybridized carbons (Fsp3) is 0.333. The van der Waals surface area contributed by atoms with Crippen molar-refractivity contribution in [1.82, 2.24) is 19.4 Å². The molecule has 2 aromatic heterocycles. The molecule has 1 aliphatic heterocycles. The van der Waals surface area contributed by atoms with Gasteiger partial charge in [0.1, 0.15) is 12.4 Å². The van der Waals surface area contributed by atoms with Crippen LogP contribution in [0.4, 0.5) is 0 Å². The van der Waals surface area contributed by atoms with Crippen molar-refractivity contribution in [1.29, 1.82) is 0 Å². The third-order valence-corrected chi connectivity index (χ3v) is 4.95. The van der Waals surface area contributed by atoms with E-state index in [-0.39, 0.29) is 0 Å². The lowest BCUT2D eigenvalue weighted by atomic mass is 10.0. The summed E-state index contributed by atoms with van der Waals surface area (Å²) in [7, 11) is 0. The standard InChI is InChI=1S/C21H24N4O/c1-2-10-23-19(3-1)16-26-21-6-4-18(5-7-21)15-24-12-8-20(9-13-24)25-14-11-22-17-25/h1-7,10-11,14,17,20H,8-9,12-13,15-16H2. The molecule has 0 radical (unpaired) electrons. The van der Waals surface area contributed by atoms with Crippen LogP contribution in [-0.2, 0) is 13.2 Å². The van der Waals surface area contributed by atoms with Gasteiger partial charge in [0.25, 0.3) is 0 Å². The van der Waals surface area contributed by atoms with Gasteiger partial charge < -0.3 is 9.30 Å². The number of aromatic nitrogens is 3. The summed E-state index contributed by atoms with van der Waals surface area (Å²) in [5.74, 6) is 0.887. The van der Waals surface area contributed by atoms with Crippen LogP contribution in [-0.4, -0.2) is 32.5 Å². The van der Waals surface area contributed by atoms with E-state index in [4.69, 9.17) is 4.74 Å². The number of piperidine rings is 1. The average molecular weight is 348 g/mol. The van der Waals surface area contributed by atoms with E-state index in [2.05, 4.69) is 49.9 Å². The Labute approximate surface area is 154 Å². The van der Waals surface area contributed by atoms with Crippen LogP contribution in [0, 0.1) is 0 Å². The first kappa shape index (κ1) is 16.8. The molecule has 3 aromatic rings. The monoisotopic (exact) mass is 348 g/mol. The SMILES string of the molecule is c1ccc(COc2ccc(CN3CCC(n4ccnc4)CC3)cc2)nc1. The van der Waals surface area contributed by atoms with E-state index in [0.717, 1.165) is 31.1 Å². The predicted octanol–water partition coefficient (Wildman–Crippen LogP) is 3.69. The summed E-state index contributed by atoms with van der Waals surface area (Å²) in [6.07, 6.45) is 10.0. The second-order valence-corrected chi connectivity index (χ2v) is 6.77. The molecule has 0 amide bonds. The first-order valence-corrected chi connectivity index (χ1v) is 9.18. The molecule has 5 heteroatoms. The molecule has 0 atom stereocenters. The number of ether oxygens (including phenoxy) is 1. The number of pyridine rings is 1. The van der Waals surface area contributed by atoms with Crippen molar-refractivity contribution in [2.45, 2.75) is 32.0 Å². The molecule has 0 N–H and O–H groups in total. The van der Waals surface area contributed by atoms with Crippen LogP contribution in [0.3, 0.4) is 0 Å². The van der Waals surface area contributed by atoms with Crippen molar-refractivity contribution in [3.05, 3.63) is 78.6 Å². The highest BCUT2D eigenvalue weighted by molar-refractivity contribution is 5.27. The molecule has 1 aromatic carbocycles. The molecule has 5 nitrogen and oxygen atoms in total. The van der Waals surface area contributed by atoms with Gasteiger partial charge in [0, 0.05) is 44.3 Å². The van der Waals surface area contributed by atoms with Crippen LogP contribution in [0.25, 0.3) is 0 Å². The largest absolute Gasteiger partial charge is 0.487 e. The van der Waals surface area contributed by atoms with E-state index in [9.17, 15) is 0 Å². The third kappa shape index (κ3) is 4.29. The molecule has 134 valence electrons. The molecule has 0 spiro atoms. The Morgan fingerprint density at radius 2 is 1.85 bits per heavy atom. The van der Waals surface area contributed by atoms with E-state index in [1.807, 2.05) is 30.7 Å². The van der Waals surface area contributed by atoms with Crippen LogP contribution in [0.1, 0.15) is 30.1 Å². The first-order valence-electron chi connectivity index (χ1n) is 9.18. The Kier molecular flexibility index (Phi) is 5.26. The van der Waals surface area contributed by atoms with E-state index >= 15 is 0 Å². The number of likely N-dealkylation sites (tertiary alicyclic amines) is 1. The maximum Gasteiger partial charge on any atom is 0.130 e.